The number of aromatic nitrogens is 1. The minimum absolute atomic E-state index is 0.168. The van der Waals surface area contributed by atoms with Gasteiger partial charge < -0.3 is 5.32 Å². The van der Waals surface area contributed by atoms with Gasteiger partial charge in [0, 0.05) is 17.8 Å². The van der Waals surface area contributed by atoms with Gasteiger partial charge >= 0.3 is 5.69 Å². The van der Waals surface area contributed by atoms with Crippen molar-refractivity contribution in [3.05, 3.63) is 27.9 Å². The maximum atomic E-state index is 10.9. The molecule has 0 aromatic carbocycles. The molecule has 18 heavy (non-hydrogen) atoms. The summed E-state index contributed by atoms with van der Waals surface area (Å²) < 4.78 is 0. The number of nitriles is 1. The van der Waals surface area contributed by atoms with Crippen molar-refractivity contribution in [1.29, 1.82) is 5.26 Å². The lowest BCUT2D eigenvalue weighted by molar-refractivity contribution is -0.384. The van der Waals surface area contributed by atoms with E-state index in [4.69, 9.17) is 5.26 Å². The van der Waals surface area contributed by atoms with E-state index >= 15 is 0 Å². The molecule has 0 amide bonds. The molecule has 1 aromatic heterocycles. The Morgan fingerprint density at radius 2 is 2.28 bits per heavy atom. The summed E-state index contributed by atoms with van der Waals surface area (Å²) in [6, 6.07) is 3.08. The van der Waals surface area contributed by atoms with E-state index in [9.17, 15) is 10.1 Å². The molecule has 0 saturated heterocycles. The van der Waals surface area contributed by atoms with Crippen LogP contribution in [0.5, 0.6) is 0 Å². The summed E-state index contributed by atoms with van der Waals surface area (Å²) in [6.07, 6.45) is 3.16. The van der Waals surface area contributed by atoms with E-state index in [-0.39, 0.29) is 22.6 Å². The van der Waals surface area contributed by atoms with Crippen LogP contribution in [0.1, 0.15) is 39.2 Å². The molecule has 0 unspecified atom stereocenters. The minimum atomic E-state index is -0.530. The Bertz CT molecular complexity index is 491. The summed E-state index contributed by atoms with van der Waals surface area (Å²) in [6.45, 7) is 5.96. The highest BCUT2D eigenvalue weighted by molar-refractivity contribution is 5.59. The fourth-order valence-electron chi connectivity index (χ4n) is 1.76. The Balaban J connectivity index is 3.10. The number of rotatable bonds is 5. The zero-order valence-electron chi connectivity index (χ0n) is 10.7. The molecular formula is C12H16N4O2. The van der Waals surface area contributed by atoms with Crippen molar-refractivity contribution in [3.63, 3.8) is 0 Å². The van der Waals surface area contributed by atoms with E-state index in [0.717, 1.165) is 12.8 Å². The molecule has 0 aliphatic heterocycles. The second-order valence-electron chi connectivity index (χ2n) is 4.72. The monoisotopic (exact) mass is 248 g/mol. The highest BCUT2D eigenvalue weighted by Crippen LogP contribution is 2.27. The molecule has 1 rings (SSSR count). The predicted octanol–water partition coefficient (Wildman–Crippen LogP) is 2.85. The zero-order chi connectivity index (χ0) is 13.8. The van der Waals surface area contributed by atoms with Crippen molar-refractivity contribution in [2.24, 2.45) is 0 Å². The Labute approximate surface area is 106 Å². The number of nitrogens with one attached hydrogen (secondary N) is 1. The molecule has 6 heteroatoms. The van der Waals surface area contributed by atoms with Gasteiger partial charge in [-0.15, -0.1) is 0 Å². The van der Waals surface area contributed by atoms with Crippen LogP contribution in [0, 0.1) is 21.4 Å². The first-order valence-electron chi connectivity index (χ1n) is 5.72. The van der Waals surface area contributed by atoms with Gasteiger partial charge in [-0.2, -0.15) is 5.26 Å². The van der Waals surface area contributed by atoms with Gasteiger partial charge in [-0.05, 0) is 20.3 Å². The standard InChI is InChI=1S/C12H16N4O2/c1-4-5-12(2,3)15-11-10(16(17)18)6-9(7-13)8-14-11/h6,8H,4-5H2,1-3H3,(H,14,15). The van der Waals surface area contributed by atoms with Gasteiger partial charge in [-0.25, -0.2) is 4.98 Å². The number of nitro groups is 1. The molecule has 1 N–H and O–H groups in total. The zero-order valence-corrected chi connectivity index (χ0v) is 10.7. The average Bonchev–Trinajstić information content (AvgIpc) is 2.28. The molecule has 1 heterocycles. The van der Waals surface area contributed by atoms with E-state index in [0.29, 0.717) is 0 Å². The number of hydrogen-bond acceptors (Lipinski definition) is 5. The van der Waals surface area contributed by atoms with Crippen molar-refractivity contribution in [2.75, 3.05) is 5.32 Å². The van der Waals surface area contributed by atoms with Crippen LogP contribution in [0.2, 0.25) is 0 Å². The van der Waals surface area contributed by atoms with Crippen LogP contribution in [0.3, 0.4) is 0 Å². The lowest BCUT2D eigenvalue weighted by Crippen LogP contribution is -2.31. The van der Waals surface area contributed by atoms with E-state index in [1.165, 1.54) is 12.3 Å². The molecule has 0 aliphatic rings. The first-order valence-corrected chi connectivity index (χ1v) is 5.72. The smallest absolute Gasteiger partial charge is 0.312 e. The van der Waals surface area contributed by atoms with Gasteiger partial charge in [-0.3, -0.25) is 10.1 Å². The van der Waals surface area contributed by atoms with Crippen molar-refractivity contribution < 1.29 is 4.92 Å². The number of nitrogens with zero attached hydrogens (tertiary/aromatic N) is 3. The van der Waals surface area contributed by atoms with Crippen LogP contribution < -0.4 is 5.32 Å². The van der Waals surface area contributed by atoms with E-state index in [1.807, 2.05) is 26.8 Å². The number of anilines is 1. The van der Waals surface area contributed by atoms with E-state index in [2.05, 4.69) is 10.3 Å². The first-order chi connectivity index (χ1) is 8.39. The summed E-state index contributed by atoms with van der Waals surface area (Å²) in [5.41, 5.74) is -0.264. The van der Waals surface area contributed by atoms with Crippen LogP contribution in [-0.2, 0) is 0 Å². The molecular weight excluding hydrogens is 232 g/mol. The maximum Gasteiger partial charge on any atom is 0.312 e. The minimum Gasteiger partial charge on any atom is -0.359 e. The summed E-state index contributed by atoms with van der Waals surface area (Å²) in [5.74, 6) is 0.206. The third kappa shape index (κ3) is 3.42. The predicted molar refractivity (Wildman–Crippen MR) is 68.2 cm³/mol. The second kappa shape index (κ2) is 5.45. The Kier molecular flexibility index (Phi) is 4.21. The molecule has 0 atom stereocenters. The van der Waals surface area contributed by atoms with Crippen molar-refractivity contribution in [3.8, 4) is 6.07 Å². The van der Waals surface area contributed by atoms with Gasteiger partial charge in [-0.1, -0.05) is 13.3 Å². The second-order valence-corrected chi connectivity index (χ2v) is 4.72. The van der Waals surface area contributed by atoms with Gasteiger partial charge in [0.1, 0.15) is 6.07 Å². The van der Waals surface area contributed by atoms with Crippen molar-refractivity contribution >= 4 is 11.5 Å². The van der Waals surface area contributed by atoms with Crippen molar-refractivity contribution in [1.82, 2.24) is 4.98 Å². The third-order valence-electron chi connectivity index (χ3n) is 2.53. The topological polar surface area (TPSA) is 91.8 Å². The van der Waals surface area contributed by atoms with Gasteiger partial charge in [0.2, 0.25) is 5.82 Å². The Morgan fingerprint density at radius 3 is 2.78 bits per heavy atom. The SMILES string of the molecule is CCCC(C)(C)Nc1ncc(C#N)cc1[N+](=O)[O-]. The molecule has 6 nitrogen and oxygen atoms in total. The molecule has 0 saturated carbocycles. The maximum absolute atomic E-state index is 10.9. The van der Waals surface area contributed by atoms with Crippen LogP contribution in [0.15, 0.2) is 12.3 Å². The quantitative estimate of drug-likeness (QED) is 0.639. The molecule has 96 valence electrons. The van der Waals surface area contributed by atoms with Crippen molar-refractivity contribution in [2.45, 2.75) is 39.2 Å². The van der Waals surface area contributed by atoms with Crippen LogP contribution in [-0.4, -0.2) is 15.4 Å². The summed E-state index contributed by atoms with van der Waals surface area (Å²) in [7, 11) is 0. The van der Waals surface area contributed by atoms with Gasteiger partial charge in [0.05, 0.1) is 10.5 Å². The lowest BCUT2D eigenvalue weighted by Gasteiger charge is -2.26. The molecule has 1 aromatic rings. The fraction of sp³-hybridized carbons (Fsp3) is 0.500. The van der Waals surface area contributed by atoms with Crippen LogP contribution in [0.4, 0.5) is 11.5 Å². The average molecular weight is 248 g/mol. The molecule has 0 spiro atoms. The first kappa shape index (κ1) is 13.9. The molecule has 0 fully saturated rings. The summed E-state index contributed by atoms with van der Waals surface area (Å²) in [5, 5.41) is 22.7. The number of pyridine rings is 1. The highest BCUT2D eigenvalue weighted by atomic mass is 16.6. The Hall–Kier alpha value is -2.16. The lowest BCUT2D eigenvalue weighted by atomic mass is 9.99. The summed E-state index contributed by atoms with van der Waals surface area (Å²) >= 11 is 0. The highest BCUT2D eigenvalue weighted by Gasteiger charge is 2.23. The van der Waals surface area contributed by atoms with Gasteiger partial charge in [0.25, 0.3) is 0 Å². The summed E-state index contributed by atoms with van der Waals surface area (Å²) in [4.78, 5) is 14.4. The molecule has 0 radical (unpaired) electrons. The molecule has 0 aliphatic carbocycles. The van der Waals surface area contributed by atoms with E-state index in [1.54, 1.807) is 0 Å². The van der Waals surface area contributed by atoms with Crippen LogP contribution >= 0.6 is 0 Å². The number of hydrogen-bond donors (Lipinski definition) is 1. The van der Waals surface area contributed by atoms with E-state index < -0.39 is 4.92 Å². The third-order valence-corrected chi connectivity index (χ3v) is 2.53. The Morgan fingerprint density at radius 1 is 1.61 bits per heavy atom. The van der Waals surface area contributed by atoms with Gasteiger partial charge in [0.15, 0.2) is 0 Å². The van der Waals surface area contributed by atoms with Crippen LogP contribution in [0.25, 0.3) is 0 Å². The molecule has 0 bridgehead atoms. The normalized spacial score (nSPS) is 10.8. The largest absolute Gasteiger partial charge is 0.359 e. The fourth-order valence-corrected chi connectivity index (χ4v) is 1.76.